The summed E-state index contributed by atoms with van der Waals surface area (Å²) in [5.41, 5.74) is 3.51. The number of nitrogens with zero attached hydrogens (tertiary/aromatic N) is 5. The van der Waals surface area contributed by atoms with Crippen LogP contribution in [0.25, 0.3) is 16.0 Å². The molecule has 2 aromatic heterocycles. The molecular formula is C25H23N5O2S. The molecule has 166 valence electrons. The number of anilines is 1. The van der Waals surface area contributed by atoms with Crippen LogP contribution in [0.15, 0.2) is 53.3 Å². The van der Waals surface area contributed by atoms with E-state index in [1.54, 1.807) is 15.9 Å². The van der Waals surface area contributed by atoms with Gasteiger partial charge in [0, 0.05) is 44.2 Å². The van der Waals surface area contributed by atoms with Crippen molar-refractivity contribution in [2.75, 3.05) is 19.0 Å². The number of fused-ring (bicyclic) bond motifs is 2. The standard InChI is InChI=1S/C25H23N5O2S/c1-28(2)21-20-22(26-23(33-20)16-11-12-16)30(25(32)27-21)19-10-6-9-17-18(19)14-29(24(17)31)13-15-7-4-3-5-8-15/h3-10,16H,11-14H2,1-2H3. The Hall–Kier alpha value is -3.52. The molecule has 1 fully saturated rings. The van der Waals surface area contributed by atoms with E-state index >= 15 is 0 Å². The van der Waals surface area contributed by atoms with Gasteiger partial charge in [0.25, 0.3) is 5.91 Å². The van der Waals surface area contributed by atoms with Crippen molar-refractivity contribution in [2.24, 2.45) is 0 Å². The van der Waals surface area contributed by atoms with Crippen molar-refractivity contribution in [2.45, 2.75) is 31.8 Å². The topological polar surface area (TPSA) is 71.3 Å². The zero-order valence-electron chi connectivity index (χ0n) is 18.5. The Balaban J connectivity index is 1.49. The van der Waals surface area contributed by atoms with Crippen LogP contribution < -0.4 is 10.6 Å². The minimum Gasteiger partial charge on any atom is -0.361 e. The van der Waals surface area contributed by atoms with E-state index in [4.69, 9.17) is 4.98 Å². The molecule has 7 nitrogen and oxygen atoms in total. The summed E-state index contributed by atoms with van der Waals surface area (Å²) < 4.78 is 2.51. The van der Waals surface area contributed by atoms with Crippen LogP contribution in [0.3, 0.4) is 0 Å². The normalized spacial score (nSPS) is 15.3. The van der Waals surface area contributed by atoms with Gasteiger partial charge in [0.15, 0.2) is 11.5 Å². The lowest BCUT2D eigenvalue weighted by molar-refractivity contribution is 0.0766. The van der Waals surface area contributed by atoms with Crippen molar-refractivity contribution in [3.8, 4) is 5.69 Å². The van der Waals surface area contributed by atoms with Crippen LogP contribution in [0.2, 0.25) is 0 Å². The van der Waals surface area contributed by atoms with Gasteiger partial charge in [0.1, 0.15) is 4.70 Å². The number of hydrogen-bond acceptors (Lipinski definition) is 6. The van der Waals surface area contributed by atoms with Crippen molar-refractivity contribution < 1.29 is 4.79 Å². The molecule has 0 radical (unpaired) electrons. The first kappa shape index (κ1) is 20.1. The predicted molar refractivity (Wildman–Crippen MR) is 129 cm³/mol. The fraction of sp³-hybridized carbons (Fsp3) is 0.280. The Labute approximate surface area is 194 Å². The maximum Gasteiger partial charge on any atom is 0.355 e. The highest BCUT2D eigenvalue weighted by Crippen LogP contribution is 2.44. The van der Waals surface area contributed by atoms with E-state index in [0.29, 0.717) is 41.7 Å². The molecule has 0 atom stereocenters. The first-order chi connectivity index (χ1) is 16.0. The minimum absolute atomic E-state index is 0.0187. The van der Waals surface area contributed by atoms with Crippen molar-refractivity contribution in [3.05, 3.63) is 80.7 Å². The van der Waals surface area contributed by atoms with Gasteiger partial charge in [-0.15, -0.1) is 11.3 Å². The number of aromatic nitrogens is 3. The maximum atomic E-state index is 13.3. The van der Waals surface area contributed by atoms with Crippen LogP contribution >= 0.6 is 11.3 Å². The third-order valence-electron chi connectivity index (χ3n) is 6.26. The highest BCUT2D eigenvalue weighted by Gasteiger charge is 2.32. The number of amides is 1. The third kappa shape index (κ3) is 3.33. The van der Waals surface area contributed by atoms with Gasteiger partial charge in [-0.1, -0.05) is 36.4 Å². The van der Waals surface area contributed by atoms with E-state index in [-0.39, 0.29) is 11.6 Å². The minimum atomic E-state index is -0.374. The van der Waals surface area contributed by atoms with Crippen LogP contribution in [0, 0.1) is 0 Å². The highest BCUT2D eigenvalue weighted by atomic mass is 32.1. The monoisotopic (exact) mass is 457 g/mol. The lowest BCUT2D eigenvalue weighted by Crippen LogP contribution is -2.26. The van der Waals surface area contributed by atoms with Gasteiger partial charge in [-0.25, -0.2) is 14.3 Å². The zero-order chi connectivity index (χ0) is 22.7. The molecule has 2 aliphatic rings. The number of hydrogen-bond donors (Lipinski definition) is 0. The Bertz CT molecular complexity index is 1450. The van der Waals surface area contributed by atoms with Gasteiger partial charge in [-0.3, -0.25) is 4.79 Å². The predicted octanol–water partition coefficient (Wildman–Crippen LogP) is 3.94. The number of carbonyl (C=O) groups is 1. The summed E-state index contributed by atoms with van der Waals surface area (Å²) in [5.74, 6) is 1.10. The molecule has 8 heteroatoms. The van der Waals surface area contributed by atoms with Crippen molar-refractivity contribution in [3.63, 3.8) is 0 Å². The molecule has 4 aromatic rings. The molecule has 2 aromatic carbocycles. The second-order valence-corrected chi connectivity index (χ2v) is 9.91. The second-order valence-electron chi connectivity index (χ2n) is 8.88. The number of carbonyl (C=O) groups excluding carboxylic acids is 1. The quantitative estimate of drug-likeness (QED) is 0.454. The summed E-state index contributed by atoms with van der Waals surface area (Å²) in [6.45, 7) is 0.973. The van der Waals surface area contributed by atoms with E-state index in [1.165, 1.54) is 0 Å². The summed E-state index contributed by atoms with van der Waals surface area (Å²) in [6.07, 6.45) is 2.27. The lowest BCUT2D eigenvalue weighted by atomic mass is 10.1. The molecular weight excluding hydrogens is 434 g/mol. The lowest BCUT2D eigenvalue weighted by Gasteiger charge is -2.17. The first-order valence-corrected chi connectivity index (χ1v) is 11.9. The summed E-state index contributed by atoms with van der Waals surface area (Å²) >= 11 is 1.62. The number of benzene rings is 2. The van der Waals surface area contributed by atoms with Gasteiger partial charge >= 0.3 is 5.69 Å². The van der Waals surface area contributed by atoms with Gasteiger partial charge in [-0.2, -0.15) is 4.98 Å². The van der Waals surface area contributed by atoms with Gasteiger partial charge < -0.3 is 9.80 Å². The van der Waals surface area contributed by atoms with E-state index in [1.807, 2.05) is 72.4 Å². The Morgan fingerprint density at radius 1 is 1.03 bits per heavy atom. The SMILES string of the molecule is CN(C)c1nc(=O)n(-c2cccc3c2CN(Cc2ccccc2)C3=O)c2nc(C3CC3)sc12. The smallest absolute Gasteiger partial charge is 0.355 e. The van der Waals surface area contributed by atoms with E-state index in [2.05, 4.69) is 4.98 Å². The molecule has 0 bridgehead atoms. The highest BCUT2D eigenvalue weighted by molar-refractivity contribution is 7.19. The van der Waals surface area contributed by atoms with E-state index in [0.717, 1.165) is 33.7 Å². The number of rotatable bonds is 5. The molecule has 0 spiro atoms. The molecule has 1 saturated carbocycles. The maximum absolute atomic E-state index is 13.3. The second kappa shape index (κ2) is 7.52. The van der Waals surface area contributed by atoms with Gasteiger partial charge in [-0.05, 0) is 30.5 Å². The average molecular weight is 458 g/mol. The molecule has 0 unspecified atom stereocenters. The molecule has 1 aliphatic carbocycles. The van der Waals surface area contributed by atoms with Crippen molar-refractivity contribution in [1.29, 1.82) is 0 Å². The van der Waals surface area contributed by atoms with Crippen LogP contribution in [-0.2, 0) is 13.1 Å². The summed E-state index contributed by atoms with van der Waals surface area (Å²) in [6, 6.07) is 15.5. The van der Waals surface area contributed by atoms with Crippen molar-refractivity contribution >= 4 is 33.4 Å². The Kier molecular flexibility index (Phi) is 4.58. The first-order valence-electron chi connectivity index (χ1n) is 11.1. The van der Waals surface area contributed by atoms with E-state index in [9.17, 15) is 9.59 Å². The summed E-state index contributed by atoms with van der Waals surface area (Å²) in [4.78, 5) is 39.5. The largest absolute Gasteiger partial charge is 0.361 e. The van der Waals surface area contributed by atoms with Crippen molar-refractivity contribution in [1.82, 2.24) is 19.4 Å². The summed E-state index contributed by atoms with van der Waals surface area (Å²) in [7, 11) is 3.78. The van der Waals surface area contributed by atoms with Crippen LogP contribution in [0.4, 0.5) is 5.82 Å². The number of thiazole rings is 1. The molecule has 1 amide bonds. The molecule has 33 heavy (non-hydrogen) atoms. The van der Waals surface area contributed by atoms with Crippen LogP contribution in [0.1, 0.15) is 45.3 Å². The molecule has 0 saturated heterocycles. The fourth-order valence-electron chi connectivity index (χ4n) is 4.45. The van der Waals surface area contributed by atoms with E-state index < -0.39 is 0 Å². The van der Waals surface area contributed by atoms with Gasteiger partial charge in [0.2, 0.25) is 0 Å². The third-order valence-corrected chi connectivity index (χ3v) is 7.46. The molecule has 3 heterocycles. The molecule has 1 aliphatic heterocycles. The fourth-order valence-corrected chi connectivity index (χ4v) is 5.74. The molecule has 0 N–H and O–H groups in total. The zero-order valence-corrected chi connectivity index (χ0v) is 19.3. The van der Waals surface area contributed by atoms with Gasteiger partial charge in [0.05, 0.1) is 10.7 Å². The average Bonchev–Trinajstić information content (AvgIpc) is 3.49. The Morgan fingerprint density at radius 3 is 2.55 bits per heavy atom. The van der Waals surface area contributed by atoms with Crippen LogP contribution in [-0.4, -0.2) is 39.4 Å². The molecule has 6 rings (SSSR count). The Morgan fingerprint density at radius 2 is 1.82 bits per heavy atom. The summed E-state index contributed by atoms with van der Waals surface area (Å²) in [5, 5.41) is 1.06. The van der Waals surface area contributed by atoms with Crippen LogP contribution in [0.5, 0.6) is 0 Å².